The van der Waals surface area contributed by atoms with Crippen molar-refractivity contribution in [2.45, 2.75) is 49.1 Å². The van der Waals surface area contributed by atoms with Crippen molar-refractivity contribution in [1.29, 1.82) is 0 Å². The molecule has 2 amide bonds. The molecule has 2 aromatic carbocycles. The van der Waals surface area contributed by atoms with Crippen LogP contribution in [0.5, 0.6) is 5.75 Å². The van der Waals surface area contributed by atoms with E-state index in [1.165, 1.54) is 19.1 Å². The van der Waals surface area contributed by atoms with Crippen molar-refractivity contribution in [3.63, 3.8) is 0 Å². The summed E-state index contributed by atoms with van der Waals surface area (Å²) in [6.07, 6.45) is -6.61. The Morgan fingerprint density at radius 3 is 1.76 bits per heavy atom. The highest BCUT2D eigenvalue weighted by Crippen LogP contribution is 2.55. The minimum Gasteiger partial charge on any atom is -0.378 e. The summed E-state index contributed by atoms with van der Waals surface area (Å²) < 4.78 is 144. The van der Waals surface area contributed by atoms with Gasteiger partial charge in [0, 0.05) is 13.3 Å². The molecule has 3 rings (SSSR count). The van der Waals surface area contributed by atoms with Crippen LogP contribution in [0.4, 0.5) is 39.5 Å². The SMILES string of the molecule is CC(=O)N1C(=O)CCC1c1ccc(-c2ccc(OS(=O)(=O)C(F)(F)C(F)(F)C(F)(F)C(F)(F)F)cc2)cc1. The van der Waals surface area contributed by atoms with E-state index in [2.05, 4.69) is 4.18 Å². The minimum absolute atomic E-state index is 0.176. The van der Waals surface area contributed by atoms with E-state index >= 15 is 0 Å². The van der Waals surface area contributed by atoms with Crippen molar-refractivity contribution in [3.8, 4) is 16.9 Å². The third-order valence-corrected chi connectivity index (χ3v) is 6.97. The fourth-order valence-corrected chi connectivity index (χ4v) is 4.60. The summed E-state index contributed by atoms with van der Waals surface area (Å²) >= 11 is 0. The maximum Gasteiger partial charge on any atom is 0.460 e. The van der Waals surface area contributed by atoms with Crippen molar-refractivity contribution < 1.29 is 61.7 Å². The van der Waals surface area contributed by atoms with Crippen LogP contribution in [0.2, 0.25) is 0 Å². The van der Waals surface area contributed by atoms with Gasteiger partial charge in [-0.1, -0.05) is 36.4 Å². The number of carbonyl (C=O) groups excluding carboxylic acids is 2. The molecule has 6 nitrogen and oxygen atoms in total. The molecule has 1 heterocycles. The number of likely N-dealkylation sites (tertiary alicyclic amines) is 1. The van der Waals surface area contributed by atoms with Crippen LogP contribution in [0.15, 0.2) is 48.5 Å². The van der Waals surface area contributed by atoms with Crippen LogP contribution < -0.4 is 4.18 Å². The highest BCUT2D eigenvalue weighted by Gasteiger charge is 2.86. The molecule has 0 aliphatic carbocycles. The zero-order valence-electron chi connectivity index (χ0n) is 18.9. The summed E-state index contributed by atoms with van der Waals surface area (Å²) in [4.78, 5) is 24.8. The first-order valence-electron chi connectivity index (χ1n) is 10.4. The summed E-state index contributed by atoms with van der Waals surface area (Å²) in [5.74, 6) is -16.6. The van der Waals surface area contributed by atoms with Crippen LogP contribution in [0.25, 0.3) is 11.1 Å². The molecule has 1 fully saturated rings. The van der Waals surface area contributed by atoms with Gasteiger partial charge in [-0.2, -0.15) is 47.9 Å². The lowest BCUT2D eigenvalue weighted by Gasteiger charge is -2.32. The van der Waals surface area contributed by atoms with Gasteiger partial charge in [0.25, 0.3) is 0 Å². The van der Waals surface area contributed by atoms with Gasteiger partial charge in [0.15, 0.2) is 0 Å². The van der Waals surface area contributed by atoms with Crippen molar-refractivity contribution in [3.05, 3.63) is 54.1 Å². The summed E-state index contributed by atoms with van der Waals surface area (Å²) in [6.45, 7) is 1.24. The average molecular weight is 577 g/mol. The molecule has 38 heavy (non-hydrogen) atoms. The quantitative estimate of drug-likeness (QED) is 0.312. The Hall–Kier alpha value is -3.30. The molecule has 1 unspecified atom stereocenters. The van der Waals surface area contributed by atoms with Crippen molar-refractivity contribution in [1.82, 2.24) is 4.90 Å². The van der Waals surface area contributed by atoms with E-state index in [0.29, 0.717) is 35.2 Å². The Bertz CT molecular complexity index is 1320. The molecule has 1 saturated heterocycles. The van der Waals surface area contributed by atoms with E-state index in [9.17, 15) is 57.5 Å². The smallest absolute Gasteiger partial charge is 0.378 e. The number of rotatable bonds is 7. The molecule has 1 aliphatic heterocycles. The Morgan fingerprint density at radius 1 is 0.842 bits per heavy atom. The van der Waals surface area contributed by atoms with Crippen LogP contribution in [0.3, 0.4) is 0 Å². The number of alkyl halides is 9. The molecular weight excluding hydrogens is 561 g/mol. The van der Waals surface area contributed by atoms with Gasteiger partial charge in [-0.05, 0) is 35.2 Å². The Morgan fingerprint density at radius 2 is 1.32 bits per heavy atom. The topological polar surface area (TPSA) is 80.8 Å². The third-order valence-electron chi connectivity index (χ3n) is 5.67. The third kappa shape index (κ3) is 4.80. The lowest BCUT2D eigenvalue weighted by molar-refractivity contribution is -0.382. The van der Waals surface area contributed by atoms with Crippen molar-refractivity contribution >= 4 is 21.9 Å². The van der Waals surface area contributed by atoms with E-state index in [1.807, 2.05) is 0 Å². The molecule has 0 spiro atoms. The number of halogens is 9. The summed E-state index contributed by atoms with van der Waals surface area (Å²) in [5, 5.41) is -6.97. The molecule has 0 radical (unpaired) electrons. The number of imide groups is 1. The van der Waals surface area contributed by atoms with E-state index in [-0.39, 0.29) is 12.3 Å². The van der Waals surface area contributed by atoms with Gasteiger partial charge in [0.05, 0.1) is 6.04 Å². The zero-order chi connectivity index (χ0) is 28.9. The summed E-state index contributed by atoms with van der Waals surface area (Å²) in [7, 11) is -7.05. The maximum absolute atomic E-state index is 13.8. The fraction of sp³-hybridized carbons (Fsp3) is 0.364. The van der Waals surface area contributed by atoms with Gasteiger partial charge in [-0.15, -0.1) is 0 Å². The lowest BCUT2D eigenvalue weighted by atomic mass is 9.99. The molecule has 1 aliphatic rings. The summed E-state index contributed by atoms with van der Waals surface area (Å²) in [5.41, 5.74) is 1.37. The number of hydrogen-bond acceptors (Lipinski definition) is 5. The number of nitrogens with zero attached hydrogens (tertiary/aromatic N) is 1. The number of benzene rings is 2. The molecule has 208 valence electrons. The number of hydrogen-bond donors (Lipinski definition) is 0. The first-order chi connectivity index (χ1) is 17.2. The first-order valence-corrected chi connectivity index (χ1v) is 11.8. The number of carbonyl (C=O) groups is 2. The predicted octanol–water partition coefficient (Wildman–Crippen LogP) is 5.70. The standard InChI is InChI=1S/C22H16F9NO5S/c1-12(33)32-17(10-11-18(32)34)15-4-2-13(3-5-15)14-6-8-16(9-7-14)37-38(35,36)22(30,31)20(25,26)19(23,24)21(27,28)29/h2-9,17H,10-11H2,1H3. The van der Waals surface area contributed by atoms with Gasteiger partial charge in [-0.25, -0.2) is 0 Å². The largest absolute Gasteiger partial charge is 0.460 e. The van der Waals surface area contributed by atoms with Crippen molar-refractivity contribution in [2.24, 2.45) is 0 Å². The zero-order valence-corrected chi connectivity index (χ0v) is 19.7. The van der Waals surface area contributed by atoms with Gasteiger partial charge in [-0.3, -0.25) is 14.5 Å². The Labute approximate surface area is 209 Å². The van der Waals surface area contributed by atoms with Crippen LogP contribution in [0.1, 0.15) is 31.4 Å². The maximum atomic E-state index is 13.8. The van der Waals surface area contributed by atoms with Gasteiger partial charge in [0.2, 0.25) is 11.8 Å². The second-order valence-corrected chi connectivity index (χ2v) is 9.77. The van der Waals surface area contributed by atoms with E-state index in [1.54, 1.807) is 12.1 Å². The van der Waals surface area contributed by atoms with Gasteiger partial charge < -0.3 is 4.18 Å². The lowest BCUT2D eigenvalue weighted by Crippen LogP contribution is -2.63. The molecule has 0 saturated carbocycles. The van der Waals surface area contributed by atoms with Crippen LogP contribution in [-0.2, 0) is 19.7 Å². The first kappa shape index (κ1) is 29.3. The predicted molar refractivity (Wildman–Crippen MR) is 112 cm³/mol. The van der Waals surface area contributed by atoms with E-state index in [4.69, 9.17) is 0 Å². The molecule has 0 aromatic heterocycles. The molecule has 1 atom stereocenters. The average Bonchev–Trinajstić information content (AvgIpc) is 3.20. The van der Waals surface area contributed by atoms with Crippen LogP contribution >= 0.6 is 0 Å². The van der Waals surface area contributed by atoms with Crippen molar-refractivity contribution in [2.75, 3.05) is 0 Å². The fourth-order valence-electron chi connectivity index (χ4n) is 3.69. The number of amides is 2. The van der Waals surface area contributed by atoms with Gasteiger partial charge in [0.1, 0.15) is 5.75 Å². The second-order valence-electron chi connectivity index (χ2n) is 8.18. The molecule has 16 heteroatoms. The molecule has 2 aromatic rings. The Kier molecular flexibility index (Phi) is 7.29. The normalized spacial score (nSPS) is 17.6. The van der Waals surface area contributed by atoms with Crippen LogP contribution in [0, 0.1) is 0 Å². The monoisotopic (exact) mass is 577 g/mol. The highest BCUT2D eigenvalue weighted by molar-refractivity contribution is 7.88. The highest BCUT2D eigenvalue weighted by atomic mass is 32.2. The Balaban J connectivity index is 1.80. The summed E-state index contributed by atoms with van der Waals surface area (Å²) in [6, 6.07) is 9.28. The van der Waals surface area contributed by atoms with E-state index < -0.39 is 51.1 Å². The van der Waals surface area contributed by atoms with E-state index in [0.717, 1.165) is 17.0 Å². The van der Waals surface area contributed by atoms with Crippen LogP contribution in [-0.4, -0.2) is 48.4 Å². The molecule has 0 bridgehead atoms. The molecular formula is C22H16F9NO5S. The molecule has 0 N–H and O–H groups in total. The van der Waals surface area contributed by atoms with Gasteiger partial charge >= 0.3 is 33.4 Å². The second kappa shape index (κ2) is 9.47. The minimum atomic E-state index is -7.40.